The van der Waals surface area contributed by atoms with Crippen molar-refractivity contribution in [2.75, 3.05) is 7.11 Å². The highest BCUT2D eigenvalue weighted by Crippen LogP contribution is 2.33. The van der Waals surface area contributed by atoms with Gasteiger partial charge in [-0.25, -0.2) is 4.98 Å². The number of hydrogen-bond acceptors (Lipinski definition) is 3. The summed E-state index contributed by atoms with van der Waals surface area (Å²) < 4.78 is 5.52. The van der Waals surface area contributed by atoms with Crippen molar-refractivity contribution in [3.05, 3.63) is 35.0 Å². The molecule has 3 rings (SSSR count). The minimum Gasteiger partial charge on any atom is -0.494 e. The number of pyridine rings is 1. The van der Waals surface area contributed by atoms with Crippen molar-refractivity contribution in [2.24, 2.45) is 0 Å². The molecule has 0 amide bonds. The van der Waals surface area contributed by atoms with Gasteiger partial charge in [0.05, 0.1) is 7.11 Å². The summed E-state index contributed by atoms with van der Waals surface area (Å²) in [6.07, 6.45) is 4.78. The molecule has 0 fully saturated rings. The van der Waals surface area contributed by atoms with Crippen LogP contribution in [0.3, 0.4) is 0 Å². The molecule has 0 atom stereocenters. The molecule has 1 N–H and O–H groups in total. The Kier molecular flexibility index (Phi) is 4.11. The Morgan fingerprint density at radius 2 is 2.05 bits per heavy atom. The van der Waals surface area contributed by atoms with E-state index in [0.29, 0.717) is 6.04 Å². The second kappa shape index (κ2) is 6.02. The molecule has 1 aromatic carbocycles. The van der Waals surface area contributed by atoms with Crippen molar-refractivity contribution in [3.63, 3.8) is 0 Å². The quantitative estimate of drug-likeness (QED) is 0.931. The number of aromatic nitrogens is 1. The number of hydrogen-bond donors (Lipinski definition) is 1. The molecule has 0 bridgehead atoms. The van der Waals surface area contributed by atoms with Gasteiger partial charge in [0.2, 0.25) is 0 Å². The van der Waals surface area contributed by atoms with Crippen molar-refractivity contribution >= 4 is 10.9 Å². The smallest absolute Gasteiger partial charge is 0.145 e. The maximum Gasteiger partial charge on any atom is 0.145 e. The van der Waals surface area contributed by atoms with E-state index in [-0.39, 0.29) is 0 Å². The summed E-state index contributed by atoms with van der Waals surface area (Å²) in [5.74, 6) is 0.881. The first-order valence-electron chi connectivity index (χ1n) is 7.91. The molecule has 0 unspecified atom stereocenters. The minimum atomic E-state index is 0.484. The van der Waals surface area contributed by atoms with Gasteiger partial charge in [-0.2, -0.15) is 0 Å². The third-order valence-electron chi connectivity index (χ3n) is 4.28. The van der Waals surface area contributed by atoms with Crippen LogP contribution in [-0.4, -0.2) is 18.1 Å². The van der Waals surface area contributed by atoms with Gasteiger partial charge < -0.3 is 10.1 Å². The summed E-state index contributed by atoms with van der Waals surface area (Å²) >= 11 is 0. The van der Waals surface area contributed by atoms with E-state index in [1.807, 2.05) is 6.07 Å². The van der Waals surface area contributed by atoms with Crippen LogP contribution in [0.25, 0.3) is 10.9 Å². The van der Waals surface area contributed by atoms with Crippen LogP contribution in [0.15, 0.2) is 18.2 Å². The van der Waals surface area contributed by atoms with Gasteiger partial charge in [0.25, 0.3) is 0 Å². The summed E-state index contributed by atoms with van der Waals surface area (Å²) in [4.78, 5) is 4.92. The van der Waals surface area contributed by atoms with Gasteiger partial charge in [-0.05, 0) is 42.9 Å². The molecule has 112 valence electrons. The summed E-state index contributed by atoms with van der Waals surface area (Å²) in [5.41, 5.74) is 5.18. The number of nitrogens with one attached hydrogen (secondary N) is 1. The Labute approximate surface area is 126 Å². The molecular formula is C18H24N2O. The lowest BCUT2D eigenvalue weighted by atomic mass is 9.89. The van der Waals surface area contributed by atoms with Crippen LogP contribution in [0.4, 0.5) is 0 Å². The van der Waals surface area contributed by atoms with Crippen LogP contribution in [0, 0.1) is 0 Å². The number of para-hydroxylation sites is 1. The molecule has 0 aliphatic heterocycles. The van der Waals surface area contributed by atoms with E-state index in [1.165, 1.54) is 35.0 Å². The molecule has 0 spiro atoms. The van der Waals surface area contributed by atoms with Crippen LogP contribution in [-0.2, 0) is 19.4 Å². The third-order valence-corrected chi connectivity index (χ3v) is 4.28. The van der Waals surface area contributed by atoms with Crippen LogP contribution >= 0.6 is 0 Å². The number of methoxy groups -OCH3 is 1. The first-order valence-corrected chi connectivity index (χ1v) is 7.91. The molecule has 2 aromatic rings. The van der Waals surface area contributed by atoms with E-state index in [0.717, 1.165) is 30.7 Å². The van der Waals surface area contributed by atoms with Crippen molar-refractivity contribution in [1.29, 1.82) is 0 Å². The van der Waals surface area contributed by atoms with E-state index in [9.17, 15) is 0 Å². The molecule has 1 heterocycles. The summed E-state index contributed by atoms with van der Waals surface area (Å²) in [6, 6.07) is 6.73. The predicted molar refractivity (Wildman–Crippen MR) is 86.9 cm³/mol. The van der Waals surface area contributed by atoms with E-state index < -0.39 is 0 Å². The fourth-order valence-electron chi connectivity index (χ4n) is 3.19. The second-order valence-corrected chi connectivity index (χ2v) is 6.11. The lowest BCUT2D eigenvalue weighted by Gasteiger charge is -2.22. The first-order chi connectivity index (χ1) is 10.2. The fourth-order valence-corrected chi connectivity index (χ4v) is 3.19. The van der Waals surface area contributed by atoms with Gasteiger partial charge in [0, 0.05) is 23.7 Å². The molecule has 0 saturated heterocycles. The average Bonchev–Trinajstić information content (AvgIpc) is 2.50. The van der Waals surface area contributed by atoms with Crippen LogP contribution in [0.1, 0.15) is 43.5 Å². The Morgan fingerprint density at radius 3 is 2.81 bits per heavy atom. The van der Waals surface area contributed by atoms with E-state index in [1.54, 1.807) is 7.11 Å². The molecule has 1 aromatic heterocycles. The van der Waals surface area contributed by atoms with Crippen LogP contribution in [0.5, 0.6) is 5.75 Å². The lowest BCUT2D eigenvalue weighted by Crippen LogP contribution is -2.24. The molecule has 1 aliphatic carbocycles. The van der Waals surface area contributed by atoms with E-state index in [2.05, 4.69) is 31.3 Å². The van der Waals surface area contributed by atoms with Crippen molar-refractivity contribution < 1.29 is 4.74 Å². The average molecular weight is 284 g/mol. The highest BCUT2D eigenvalue weighted by molar-refractivity contribution is 5.88. The van der Waals surface area contributed by atoms with Crippen LogP contribution < -0.4 is 10.1 Å². The molecule has 0 radical (unpaired) electrons. The number of aryl methyl sites for hydroxylation is 1. The lowest BCUT2D eigenvalue weighted by molar-refractivity contribution is 0.418. The zero-order valence-corrected chi connectivity index (χ0v) is 13.2. The summed E-state index contributed by atoms with van der Waals surface area (Å²) in [5, 5.41) is 4.81. The number of rotatable bonds is 4. The maximum atomic E-state index is 5.52. The molecular weight excluding hydrogens is 260 g/mol. The van der Waals surface area contributed by atoms with Gasteiger partial charge in [0.15, 0.2) is 0 Å². The normalized spacial score (nSPS) is 14.5. The van der Waals surface area contributed by atoms with Gasteiger partial charge in [-0.1, -0.05) is 26.0 Å². The zero-order chi connectivity index (χ0) is 14.8. The fraction of sp³-hybridized carbons (Fsp3) is 0.500. The van der Waals surface area contributed by atoms with Gasteiger partial charge in [-0.15, -0.1) is 0 Å². The van der Waals surface area contributed by atoms with Gasteiger partial charge in [0.1, 0.15) is 11.3 Å². The maximum absolute atomic E-state index is 5.52. The van der Waals surface area contributed by atoms with Gasteiger partial charge >= 0.3 is 0 Å². The largest absolute Gasteiger partial charge is 0.494 e. The van der Waals surface area contributed by atoms with Gasteiger partial charge in [-0.3, -0.25) is 0 Å². The molecule has 3 nitrogen and oxygen atoms in total. The van der Waals surface area contributed by atoms with Crippen molar-refractivity contribution in [3.8, 4) is 5.75 Å². The van der Waals surface area contributed by atoms with Crippen molar-refractivity contribution in [1.82, 2.24) is 10.3 Å². The van der Waals surface area contributed by atoms with E-state index >= 15 is 0 Å². The Hall–Kier alpha value is -1.61. The van der Waals surface area contributed by atoms with Crippen LogP contribution in [0.2, 0.25) is 0 Å². The standard InChI is InChI=1S/C18H24N2O/c1-12(2)19-11-15-13-7-4-5-9-16(13)20-18-14(15)8-6-10-17(18)21-3/h6,8,10,12,19H,4-5,7,9,11H2,1-3H3. The minimum absolute atomic E-state index is 0.484. The topological polar surface area (TPSA) is 34.1 Å². The first kappa shape index (κ1) is 14.3. The summed E-state index contributed by atoms with van der Waals surface area (Å²) in [7, 11) is 1.72. The molecule has 21 heavy (non-hydrogen) atoms. The predicted octanol–water partition coefficient (Wildman–Crippen LogP) is 3.62. The molecule has 1 aliphatic rings. The Balaban J connectivity index is 2.19. The zero-order valence-electron chi connectivity index (χ0n) is 13.2. The van der Waals surface area contributed by atoms with Crippen molar-refractivity contribution in [2.45, 2.75) is 52.1 Å². The third kappa shape index (κ3) is 2.75. The SMILES string of the molecule is COc1cccc2c(CNC(C)C)c3c(nc12)CCCC3. The second-order valence-electron chi connectivity index (χ2n) is 6.11. The highest BCUT2D eigenvalue weighted by Gasteiger charge is 2.19. The Bertz CT molecular complexity index is 649. The molecule has 3 heteroatoms. The highest BCUT2D eigenvalue weighted by atomic mass is 16.5. The number of fused-ring (bicyclic) bond motifs is 2. The monoisotopic (exact) mass is 284 g/mol. The number of ether oxygens (including phenoxy) is 1. The number of nitrogens with zero attached hydrogens (tertiary/aromatic N) is 1. The Morgan fingerprint density at radius 1 is 1.24 bits per heavy atom. The summed E-state index contributed by atoms with van der Waals surface area (Å²) in [6.45, 7) is 5.29. The number of benzene rings is 1. The molecule has 0 saturated carbocycles. The van der Waals surface area contributed by atoms with E-state index in [4.69, 9.17) is 9.72 Å².